The molecule has 3 heterocycles. The predicted octanol–water partition coefficient (Wildman–Crippen LogP) is 5.74. The van der Waals surface area contributed by atoms with Gasteiger partial charge < -0.3 is 13.9 Å². The first kappa shape index (κ1) is 19.8. The van der Waals surface area contributed by atoms with Crippen molar-refractivity contribution in [3.05, 3.63) is 41.6 Å². The van der Waals surface area contributed by atoms with Crippen molar-refractivity contribution in [2.24, 2.45) is 0 Å². The van der Waals surface area contributed by atoms with Crippen molar-refractivity contribution in [1.82, 2.24) is 9.88 Å². The number of ether oxygens (including phenoxy) is 2. The third-order valence-corrected chi connectivity index (χ3v) is 5.67. The molecule has 2 aromatic heterocycles. The monoisotopic (exact) mass is 418 g/mol. The fraction of sp³-hybridized carbons (Fsp3) is 0.429. The summed E-state index contributed by atoms with van der Waals surface area (Å²) in [7, 11) is 0. The average molecular weight is 418 g/mol. The molecule has 154 valence electrons. The lowest BCUT2D eigenvalue weighted by Crippen LogP contribution is -2.46. The molecule has 1 saturated heterocycles. The number of nitrogens with zero attached hydrogens (tertiary/aromatic N) is 2. The van der Waals surface area contributed by atoms with E-state index in [4.69, 9.17) is 13.9 Å². The van der Waals surface area contributed by atoms with Gasteiger partial charge in [0.2, 0.25) is 5.89 Å². The molecule has 1 unspecified atom stereocenters. The molecule has 29 heavy (non-hydrogen) atoms. The fourth-order valence-corrected chi connectivity index (χ4v) is 4.32. The van der Waals surface area contributed by atoms with E-state index in [1.807, 2.05) is 32.2 Å². The van der Waals surface area contributed by atoms with E-state index in [1.54, 1.807) is 19.9 Å². The maximum Gasteiger partial charge on any atom is 0.412 e. The molecule has 0 spiro atoms. The minimum atomic E-state index is -0.861. The highest BCUT2D eigenvalue weighted by molar-refractivity contribution is 7.17. The molecule has 1 fully saturated rings. The van der Waals surface area contributed by atoms with Gasteiger partial charge in [0, 0.05) is 16.3 Å². The molecule has 0 aliphatic carbocycles. The largest absolute Gasteiger partial charge is 0.445 e. The molecule has 4 rings (SSSR count). The number of fused-ring (bicyclic) bond motifs is 1. The van der Waals surface area contributed by atoms with Gasteiger partial charge in [0.25, 0.3) is 0 Å². The van der Waals surface area contributed by atoms with Crippen LogP contribution in [0.4, 0.5) is 9.18 Å². The standard InChI is InChI=1S/C21H23FN2O4S/c1-20(2,3)28-19(25)24-9-16(27-21(24,4)5)18-23-15(10-26-18)13-11-29-17-12(13)7-6-8-14(17)22/h6-8,10-11,16H,9H2,1-5H3. The van der Waals surface area contributed by atoms with E-state index < -0.39 is 23.5 Å². The summed E-state index contributed by atoms with van der Waals surface area (Å²) >= 11 is 1.33. The lowest BCUT2D eigenvalue weighted by molar-refractivity contribution is -0.0834. The van der Waals surface area contributed by atoms with Crippen LogP contribution in [0.5, 0.6) is 0 Å². The summed E-state index contributed by atoms with van der Waals surface area (Å²) in [5, 5.41) is 2.65. The first-order valence-electron chi connectivity index (χ1n) is 9.35. The van der Waals surface area contributed by atoms with Crippen molar-refractivity contribution in [2.75, 3.05) is 6.54 Å². The van der Waals surface area contributed by atoms with Crippen molar-refractivity contribution in [2.45, 2.75) is 52.0 Å². The molecule has 1 aromatic carbocycles. The van der Waals surface area contributed by atoms with E-state index in [0.717, 1.165) is 10.9 Å². The summed E-state index contributed by atoms with van der Waals surface area (Å²) in [6.07, 6.45) is 0.567. The normalized spacial score (nSPS) is 19.1. The first-order valence-corrected chi connectivity index (χ1v) is 10.2. The molecule has 1 aliphatic rings. The van der Waals surface area contributed by atoms with Crippen molar-refractivity contribution in [3.8, 4) is 11.3 Å². The highest BCUT2D eigenvalue weighted by Crippen LogP contribution is 2.39. The topological polar surface area (TPSA) is 64.8 Å². The quantitative estimate of drug-likeness (QED) is 0.531. The number of amides is 1. The fourth-order valence-electron chi connectivity index (χ4n) is 3.35. The molecule has 0 N–H and O–H groups in total. The Morgan fingerprint density at radius 3 is 2.86 bits per heavy atom. The summed E-state index contributed by atoms with van der Waals surface area (Å²) in [6, 6.07) is 4.98. The number of rotatable bonds is 2. The molecule has 0 bridgehead atoms. The van der Waals surface area contributed by atoms with Crippen LogP contribution in [-0.2, 0) is 9.47 Å². The highest BCUT2D eigenvalue weighted by atomic mass is 32.1. The molecule has 8 heteroatoms. The molecule has 0 saturated carbocycles. The number of aromatic nitrogens is 1. The van der Waals surface area contributed by atoms with Gasteiger partial charge in [-0.25, -0.2) is 14.2 Å². The van der Waals surface area contributed by atoms with Crippen molar-refractivity contribution in [1.29, 1.82) is 0 Å². The molecule has 3 aromatic rings. The molecule has 1 aliphatic heterocycles. The van der Waals surface area contributed by atoms with Crippen LogP contribution in [-0.4, -0.2) is 33.8 Å². The Morgan fingerprint density at radius 1 is 1.38 bits per heavy atom. The van der Waals surface area contributed by atoms with Crippen LogP contribution in [0.1, 0.15) is 46.6 Å². The Labute approximate surface area is 172 Å². The van der Waals surface area contributed by atoms with Crippen LogP contribution in [0.2, 0.25) is 0 Å². The first-order chi connectivity index (χ1) is 13.5. The van der Waals surface area contributed by atoms with E-state index >= 15 is 0 Å². The van der Waals surface area contributed by atoms with Gasteiger partial charge in [-0.1, -0.05) is 12.1 Å². The number of thiophene rings is 1. The number of benzene rings is 1. The zero-order valence-electron chi connectivity index (χ0n) is 17.0. The van der Waals surface area contributed by atoms with Crippen LogP contribution in [0.25, 0.3) is 21.3 Å². The van der Waals surface area contributed by atoms with Gasteiger partial charge in [0.15, 0.2) is 6.10 Å². The van der Waals surface area contributed by atoms with E-state index in [2.05, 4.69) is 4.98 Å². The zero-order chi connectivity index (χ0) is 21.0. The molecule has 0 radical (unpaired) electrons. The second-order valence-electron chi connectivity index (χ2n) is 8.48. The minimum Gasteiger partial charge on any atom is -0.445 e. The average Bonchev–Trinajstić information content (AvgIpc) is 3.29. The van der Waals surface area contributed by atoms with Gasteiger partial charge >= 0.3 is 6.09 Å². The maximum atomic E-state index is 14.0. The lowest BCUT2D eigenvalue weighted by atomic mass is 10.1. The Kier molecular flexibility index (Phi) is 4.66. The number of halogens is 1. The van der Waals surface area contributed by atoms with Gasteiger partial charge in [0.1, 0.15) is 29.1 Å². The van der Waals surface area contributed by atoms with Crippen LogP contribution < -0.4 is 0 Å². The number of hydrogen-bond donors (Lipinski definition) is 0. The Morgan fingerprint density at radius 2 is 2.14 bits per heavy atom. The van der Waals surface area contributed by atoms with Gasteiger partial charge in [-0.3, -0.25) is 4.90 Å². The van der Waals surface area contributed by atoms with Crippen molar-refractivity contribution >= 4 is 27.5 Å². The Hall–Kier alpha value is -2.45. The zero-order valence-corrected chi connectivity index (χ0v) is 17.8. The molecule has 1 amide bonds. The number of carbonyl (C=O) groups excluding carboxylic acids is 1. The molecule has 6 nitrogen and oxygen atoms in total. The summed E-state index contributed by atoms with van der Waals surface area (Å²) in [5.41, 5.74) is -0.0500. The van der Waals surface area contributed by atoms with Crippen LogP contribution in [0, 0.1) is 5.82 Å². The van der Waals surface area contributed by atoms with Gasteiger partial charge in [0.05, 0.1) is 11.2 Å². The number of carbonyl (C=O) groups is 1. The highest BCUT2D eigenvalue weighted by Gasteiger charge is 2.46. The van der Waals surface area contributed by atoms with E-state index in [1.165, 1.54) is 28.6 Å². The predicted molar refractivity (Wildman–Crippen MR) is 108 cm³/mol. The summed E-state index contributed by atoms with van der Waals surface area (Å²) in [6.45, 7) is 9.33. The SMILES string of the molecule is CC(C)(C)OC(=O)N1CC(c2nc(-c3csc4c(F)cccc34)co2)OC1(C)C. The maximum absolute atomic E-state index is 14.0. The number of oxazole rings is 1. The van der Waals surface area contributed by atoms with E-state index in [9.17, 15) is 9.18 Å². The smallest absolute Gasteiger partial charge is 0.412 e. The molecular formula is C21H23FN2O4S. The second kappa shape index (κ2) is 6.81. The lowest BCUT2D eigenvalue weighted by Gasteiger charge is -2.31. The van der Waals surface area contributed by atoms with Gasteiger partial charge in [-0.2, -0.15) is 0 Å². The van der Waals surface area contributed by atoms with Gasteiger partial charge in [-0.15, -0.1) is 11.3 Å². The minimum absolute atomic E-state index is 0.253. The van der Waals surface area contributed by atoms with Crippen LogP contribution in [0.3, 0.4) is 0 Å². The second-order valence-corrected chi connectivity index (χ2v) is 9.36. The van der Waals surface area contributed by atoms with Crippen molar-refractivity contribution < 1.29 is 23.1 Å². The van der Waals surface area contributed by atoms with Crippen molar-refractivity contribution in [3.63, 3.8) is 0 Å². The Bertz CT molecular complexity index is 1070. The van der Waals surface area contributed by atoms with Crippen LogP contribution >= 0.6 is 11.3 Å². The Balaban J connectivity index is 1.58. The van der Waals surface area contributed by atoms with Crippen LogP contribution in [0.15, 0.2) is 34.3 Å². The van der Waals surface area contributed by atoms with Gasteiger partial charge in [-0.05, 0) is 40.7 Å². The summed E-state index contributed by atoms with van der Waals surface area (Å²) in [5.74, 6) is 0.117. The third kappa shape index (κ3) is 3.74. The third-order valence-electron chi connectivity index (χ3n) is 4.67. The molecular weight excluding hydrogens is 395 g/mol. The summed E-state index contributed by atoms with van der Waals surface area (Å²) in [4.78, 5) is 18.7. The number of hydrogen-bond acceptors (Lipinski definition) is 6. The molecule has 1 atom stereocenters. The van der Waals surface area contributed by atoms with E-state index in [0.29, 0.717) is 16.3 Å². The summed E-state index contributed by atoms with van der Waals surface area (Å²) < 4.78 is 31.8. The van der Waals surface area contributed by atoms with E-state index in [-0.39, 0.29) is 12.4 Å².